The first kappa shape index (κ1) is 24.9. The fourth-order valence-electron chi connectivity index (χ4n) is 3.94. The Morgan fingerprint density at radius 1 is 1.00 bits per heavy atom. The molecule has 5 nitrogen and oxygen atoms in total. The van der Waals surface area contributed by atoms with Crippen molar-refractivity contribution in [2.75, 3.05) is 57.8 Å². The van der Waals surface area contributed by atoms with Crippen molar-refractivity contribution >= 4 is 11.7 Å². The average Bonchev–Trinajstić information content (AvgIpc) is 2.83. The Morgan fingerprint density at radius 2 is 1.73 bits per heavy atom. The number of urea groups is 1. The summed E-state index contributed by atoms with van der Waals surface area (Å²) in [6.45, 7) is 5.31. The molecule has 1 N–H and O–H groups in total. The average molecular weight is 463 g/mol. The monoisotopic (exact) mass is 462 g/mol. The first-order valence-electron chi connectivity index (χ1n) is 11.5. The highest BCUT2D eigenvalue weighted by atomic mass is 19.4. The summed E-state index contributed by atoms with van der Waals surface area (Å²) in [6, 6.07) is 15.6. The van der Waals surface area contributed by atoms with Gasteiger partial charge in [-0.1, -0.05) is 36.4 Å². The third-order valence-electron chi connectivity index (χ3n) is 6.01. The molecular weight excluding hydrogens is 429 g/mol. The van der Waals surface area contributed by atoms with Crippen LogP contribution < -0.4 is 10.2 Å². The molecule has 0 unspecified atom stereocenters. The van der Waals surface area contributed by atoms with Crippen molar-refractivity contribution in [3.8, 4) is 0 Å². The molecule has 0 saturated carbocycles. The lowest BCUT2D eigenvalue weighted by molar-refractivity contribution is -0.137. The van der Waals surface area contributed by atoms with Crippen LogP contribution in [0.15, 0.2) is 54.6 Å². The number of rotatable bonds is 9. The van der Waals surface area contributed by atoms with Crippen molar-refractivity contribution in [3.05, 3.63) is 65.7 Å². The van der Waals surface area contributed by atoms with E-state index in [0.717, 1.165) is 45.0 Å². The largest absolute Gasteiger partial charge is 0.416 e. The summed E-state index contributed by atoms with van der Waals surface area (Å²) in [7, 11) is 1.81. The van der Waals surface area contributed by atoms with Gasteiger partial charge in [-0.25, -0.2) is 4.79 Å². The zero-order valence-electron chi connectivity index (χ0n) is 19.2. The molecule has 2 aromatic carbocycles. The molecule has 1 fully saturated rings. The number of hydrogen-bond acceptors (Lipinski definition) is 3. The number of benzene rings is 2. The van der Waals surface area contributed by atoms with Crippen molar-refractivity contribution in [3.63, 3.8) is 0 Å². The Balaban J connectivity index is 1.28. The van der Waals surface area contributed by atoms with Crippen molar-refractivity contribution in [2.24, 2.45) is 0 Å². The molecule has 0 atom stereocenters. The summed E-state index contributed by atoms with van der Waals surface area (Å²) in [4.78, 5) is 18.3. The molecule has 1 heterocycles. The van der Waals surface area contributed by atoms with Crippen molar-refractivity contribution < 1.29 is 18.0 Å². The minimum atomic E-state index is -4.32. The third kappa shape index (κ3) is 7.96. The number of carbonyl (C=O) groups excluding carboxylic acids is 1. The summed E-state index contributed by atoms with van der Waals surface area (Å²) in [5.41, 5.74) is 1.24. The van der Waals surface area contributed by atoms with Gasteiger partial charge in [0.1, 0.15) is 0 Å². The summed E-state index contributed by atoms with van der Waals surface area (Å²) < 4.78 is 38.8. The molecule has 0 spiro atoms. The minimum Gasteiger partial charge on any atom is -0.369 e. The van der Waals surface area contributed by atoms with E-state index in [1.165, 1.54) is 17.7 Å². The van der Waals surface area contributed by atoms with Gasteiger partial charge in [0.2, 0.25) is 0 Å². The Hall–Kier alpha value is -2.74. The van der Waals surface area contributed by atoms with Crippen LogP contribution in [0.1, 0.15) is 24.0 Å². The van der Waals surface area contributed by atoms with Gasteiger partial charge in [0.25, 0.3) is 0 Å². The Labute approximate surface area is 194 Å². The number of piperazine rings is 1. The first-order chi connectivity index (χ1) is 15.8. The van der Waals surface area contributed by atoms with Crippen LogP contribution in [0.4, 0.5) is 23.7 Å². The molecular formula is C25H33F3N4O. The molecule has 3 rings (SSSR count). The maximum Gasteiger partial charge on any atom is 0.416 e. The first-order valence-corrected chi connectivity index (χ1v) is 11.5. The van der Waals surface area contributed by atoms with Crippen LogP contribution in [-0.4, -0.2) is 68.7 Å². The number of halogens is 3. The Bertz CT molecular complexity index is 867. The van der Waals surface area contributed by atoms with Crippen LogP contribution >= 0.6 is 0 Å². The smallest absolute Gasteiger partial charge is 0.369 e. The predicted molar refractivity (Wildman–Crippen MR) is 126 cm³/mol. The van der Waals surface area contributed by atoms with Crippen molar-refractivity contribution in [2.45, 2.75) is 25.4 Å². The maximum absolute atomic E-state index is 12.9. The standard InChI is InChI=1S/C25H33F3N4O/c1-30(15-12-21-8-3-2-4-9-21)24(33)29-13-5-6-14-31-16-18-32(19-17-31)23-11-7-10-22(20-23)25(26,27)28/h2-4,7-11,20H,5-6,12-19H2,1H3,(H,29,33). The zero-order valence-corrected chi connectivity index (χ0v) is 19.2. The number of alkyl halides is 3. The lowest BCUT2D eigenvalue weighted by Crippen LogP contribution is -2.46. The third-order valence-corrected chi connectivity index (χ3v) is 6.01. The SMILES string of the molecule is CN(CCc1ccccc1)C(=O)NCCCCN1CCN(c2cccc(C(F)(F)F)c2)CC1. The highest BCUT2D eigenvalue weighted by molar-refractivity contribution is 5.73. The zero-order chi connectivity index (χ0) is 23.7. The van der Waals surface area contributed by atoms with Crippen LogP contribution in [0, 0.1) is 0 Å². The summed E-state index contributed by atoms with van der Waals surface area (Å²) in [5, 5.41) is 2.97. The van der Waals surface area contributed by atoms with E-state index in [9.17, 15) is 18.0 Å². The van der Waals surface area contributed by atoms with Crippen LogP contribution in [0.5, 0.6) is 0 Å². The summed E-state index contributed by atoms with van der Waals surface area (Å²) in [5.74, 6) is 0. The van der Waals surface area contributed by atoms with E-state index >= 15 is 0 Å². The molecule has 1 aliphatic rings. The molecule has 180 valence electrons. The molecule has 2 amide bonds. The lowest BCUT2D eigenvalue weighted by Gasteiger charge is -2.36. The van der Waals surface area contributed by atoms with E-state index in [-0.39, 0.29) is 6.03 Å². The van der Waals surface area contributed by atoms with Gasteiger partial charge in [-0.2, -0.15) is 13.2 Å². The van der Waals surface area contributed by atoms with Gasteiger partial charge in [0.05, 0.1) is 5.56 Å². The van der Waals surface area contributed by atoms with Crippen LogP contribution in [0.3, 0.4) is 0 Å². The van der Waals surface area contributed by atoms with E-state index in [1.807, 2.05) is 30.1 Å². The van der Waals surface area contributed by atoms with E-state index in [4.69, 9.17) is 0 Å². The number of anilines is 1. The molecule has 1 aliphatic heterocycles. The number of hydrogen-bond donors (Lipinski definition) is 1. The molecule has 2 aromatic rings. The van der Waals surface area contributed by atoms with E-state index in [0.29, 0.717) is 31.9 Å². The molecule has 0 aliphatic carbocycles. The number of likely N-dealkylation sites (N-methyl/N-ethyl adjacent to an activating group) is 1. The fourth-order valence-corrected chi connectivity index (χ4v) is 3.94. The lowest BCUT2D eigenvalue weighted by atomic mass is 10.1. The Kier molecular flexibility index (Phi) is 9.00. The Morgan fingerprint density at radius 3 is 2.42 bits per heavy atom. The second-order valence-corrected chi connectivity index (χ2v) is 8.47. The molecule has 0 bridgehead atoms. The van der Waals surface area contributed by atoms with E-state index in [1.54, 1.807) is 11.0 Å². The molecule has 1 saturated heterocycles. The van der Waals surface area contributed by atoms with Crippen LogP contribution in [0.25, 0.3) is 0 Å². The number of carbonyl (C=O) groups is 1. The molecule has 0 aromatic heterocycles. The minimum absolute atomic E-state index is 0.0550. The fraction of sp³-hybridized carbons (Fsp3) is 0.480. The van der Waals surface area contributed by atoms with Crippen molar-refractivity contribution in [1.82, 2.24) is 15.1 Å². The van der Waals surface area contributed by atoms with Gasteiger partial charge >= 0.3 is 12.2 Å². The van der Waals surface area contributed by atoms with Gasteiger partial charge in [0, 0.05) is 52.0 Å². The quantitative estimate of drug-likeness (QED) is 0.558. The van der Waals surface area contributed by atoms with Gasteiger partial charge in [-0.05, 0) is 49.6 Å². The van der Waals surface area contributed by atoms with Gasteiger partial charge in [0.15, 0.2) is 0 Å². The second kappa shape index (κ2) is 11.9. The highest BCUT2D eigenvalue weighted by Gasteiger charge is 2.31. The summed E-state index contributed by atoms with van der Waals surface area (Å²) in [6.07, 6.45) is -1.62. The number of nitrogens with zero attached hydrogens (tertiary/aromatic N) is 3. The highest BCUT2D eigenvalue weighted by Crippen LogP contribution is 2.31. The maximum atomic E-state index is 12.9. The summed E-state index contributed by atoms with van der Waals surface area (Å²) >= 11 is 0. The normalized spacial score (nSPS) is 14.8. The van der Waals surface area contributed by atoms with E-state index < -0.39 is 11.7 Å². The predicted octanol–water partition coefficient (Wildman–Crippen LogP) is 4.49. The number of amides is 2. The second-order valence-electron chi connectivity index (χ2n) is 8.47. The van der Waals surface area contributed by atoms with Gasteiger partial charge in [-0.15, -0.1) is 0 Å². The topological polar surface area (TPSA) is 38.8 Å². The number of unbranched alkanes of at least 4 members (excludes halogenated alkanes) is 1. The van der Waals surface area contributed by atoms with Gasteiger partial charge in [-0.3, -0.25) is 4.90 Å². The molecule has 8 heteroatoms. The van der Waals surface area contributed by atoms with Crippen LogP contribution in [-0.2, 0) is 12.6 Å². The van der Waals surface area contributed by atoms with Gasteiger partial charge < -0.3 is 15.1 Å². The van der Waals surface area contributed by atoms with E-state index in [2.05, 4.69) is 22.3 Å². The van der Waals surface area contributed by atoms with Crippen LogP contribution in [0.2, 0.25) is 0 Å². The molecule has 0 radical (unpaired) electrons. The number of nitrogens with one attached hydrogen (secondary N) is 1. The molecule has 33 heavy (non-hydrogen) atoms. The van der Waals surface area contributed by atoms with Crippen molar-refractivity contribution in [1.29, 1.82) is 0 Å².